The summed E-state index contributed by atoms with van der Waals surface area (Å²) in [7, 11) is -3.33. The van der Waals surface area contributed by atoms with Crippen molar-refractivity contribution in [2.75, 3.05) is 0 Å². The summed E-state index contributed by atoms with van der Waals surface area (Å²) >= 11 is 1.36. The van der Waals surface area contributed by atoms with Gasteiger partial charge in [-0.1, -0.05) is 6.92 Å². The van der Waals surface area contributed by atoms with Crippen LogP contribution >= 0.6 is 11.3 Å². The molecular weight excluding hydrogens is 304 g/mol. The van der Waals surface area contributed by atoms with Gasteiger partial charge < -0.3 is 5.32 Å². The van der Waals surface area contributed by atoms with Gasteiger partial charge in [-0.3, -0.25) is 0 Å². The van der Waals surface area contributed by atoms with Gasteiger partial charge in [-0.15, -0.1) is 11.3 Å². The first kappa shape index (κ1) is 15.5. The van der Waals surface area contributed by atoms with E-state index in [9.17, 15) is 8.42 Å². The molecule has 3 rings (SSSR count). The minimum Gasteiger partial charge on any atom is -0.310 e. The lowest BCUT2D eigenvalue weighted by atomic mass is 10.2. The number of thiophene rings is 1. The highest BCUT2D eigenvalue weighted by molar-refractivity contribution is 7.91. The molecule has 2 atom stereocenters. The molecule has 0 radical (unpaired) electrons. The van der Waals surface area contributed by atoms with Crippen molar-refractivity contribution in [2.24, 2.45) is 0 Å². The second kappa shape index (κ2) is 5.99. The Labute approximate surface area is 131 Å². The van der Waals surface area contributed by atoms with E-state index in [0.29, 0.717) is 10.3 Å². The van der Waals surface area contributed by atoms with E-state index in [-0.39, 0.29) is 12.1 Å². The standard InChI is InChI=1S/C15H24N2O2S2/c1-3-14-7-4-11(2)17(14)21(18,19)15-8-12(10-20-15)9-16-13-5-6-13/h8,10-11,13-14,16H,3-7,9H2,1-2H3. The summed E-state index contributed by atoms with van der Waals surface area (Å²) in [4.78, 5) is 0. The third-order valence-corrected chi connectivity index (χ3v) is 8.05. The maximum atomic E-state index is 12.9. The normalized spacial score (nSPS) is 27.3. The molecule has 2 heterocycles. The van der Waals surface area contributed by atoms with Crippen LogP contribution in [0.1, 0.15) is 51.5 Å². The lowest BCUT2D eigenvalue weighted by Crippen LogP contribution is -2.39. The fourth-order valence-electron chi connectivity index (χ4n) is 3.10. The number of hydrogen-bond donors (Lipinski definition) is 1. The first-order valence-corrected chi connectivity index (χ1v) is 10.2. The summed E-state index contributed by atoms with van der Waals surface area (Å²) in [5.74, 6) is 0. The van der Waals surface area contributed by atoms with Crippen LogP contribution in [0.15, 0.2) is 15.7 Å². The van der Waals surface area contributed by atoms with Gasteiger partial charge in [0, 0.05) is 24.7 Å². The predicted octanol–water partition coefficient (Wildman–Crippen LogP) is 2.95. The fourth-order valence-corrected chi connectivity index (χ4v) is 6.36. The zero-order valence-electron chi connectivity index (χ0n) is 12.7. The first-order chi connectivity index (χ1) is 10.0. The molecule has 0 aromatic carbocycles. The molecule has 1 saturated carbocycles. The molecule has 1 aromatic heterocycles. The Morgan fingerprint density at radius 1 is 1.33 bits per heavy atom. The highest BCUT2D eigenvalue weighted by atomic mass is 32.2. The Morgan fingerprint density at radius 3 is 2.76 bits per heavy atom. The SMILES string of the molecule is CCC1CCC(C)N1S(=O)(=O)c1cc(CNC2CC2)cs1. The van der Waals surface area contributed by atoms with E-state index < -0.39 is 10.0 Å². The zero-order chi connectivity index (χ0) is 15.0. The van der Waals surface area contributed by atoms with Crippen LogP contribution in [0.25, 0.3) is 0 Å². The van der Waals surface area contributed by atoms with Crippen LogP contribution < -0.4 is 5.32 Å². The second-order valence-corrected chi connectivity index (χ2v) is 9.23. The molecule has 21 heavy (non-hydrogen) atoms. The largest absolute Gasteiger partial charge is 0.310 e. The number of nitrogens with zero attached hydrogens (tertiary/aromatic N) is 1. The van der Waals surface area contributed by atoms with Crippen molar-refractivity contribution in [3.05, 3.63) is 17.0 Å². The van der Waals surface area contributed by atoms with Gasteiger partial charge in [0.05, 0.1) is 0 Å². The van der Waals surface area contributed by atoms with E-state index in [0.717, 1.165) is 31.4 Å². The van der Waals surface area contributed by atoms with E-state index in [1.807, 2.05) is 18.4 Å². The molecule has 1 aromatic rings. The average Bonchev–Trinajstić information content (AvgIpc) is 3.00. The Hall–Kier alpha value is -0.430. The van der Waals surface area contributed by atoms with Gasteiger partial charge >= 0.3 is 0 Å². The van der Waals surface area contributed by atoms with E-state index >= 15 is 0 Å². The summed E-state index contributed by atoms with van der Waals surface area (Å²) in [6, 6.07) is 2.79. The van der Waals surface area contributed by atoms with Gasteiger partial charge in [-0.05, 0) is 56.0 Å². The molecule has 1 N–H and O–H groups in total. The van der Waals surface area contributed by atoms with Gasteiger partial charge in [-0.2, -0.15) is 4.31 Å². The lowest BCUT2D eigenvalue weighted by molar-refractivity contribution is 0.329. The first-order valence-electron chi connectivity index (χ1n) is 7.86. The number of nitrogens with one attached hydrogen (secondary N) is 1. The number of rotatable bonds is 6. The molecule has 1 aliphatic carbocycles. The Balaban J connectivity index is 1.77. The monoisotopic (exact) mass is 328 g/mol. The van der Waals surface area contributed by atoms with Crippen molar-refractivity contribution < 1.29 is 8.42 Å². The summed E-state index contributed by atoms with van der Waals surface area (Å²) in [6.07, 6.45) is 5.35. The van der Waals surface area contributed by atoms with Crippen LogP contribution in [0.2, 0.25) is 0 Å². The molecule has 4 nitrogen and oxygen atoms in total. The molecule has 1 saturated heterocycles. The smallest absolute Gasteiger partial charge is 0.253 e. The molecule has 6 heteroatoms. The highest BCUT2D eigenvalue weighted by Crippen LogP contribution is 2.34. The Morgan fingerprint density at radius 2 is 2.10 bits per heavy atom. The molecule has 0 spiro atoms. The van der Waals surface area contributed by atoms with E-state index in [1.165, 1.54) is 24.2 Å². The molecular formula is C15H24N2O2S2. The Bertz CT molecular complexity index is 593. The fraction of sp³-hybridized carbons (Fsp3) is 0.733. The van der Waals surface area contributed by atoms with Gasteiger partial charge in [0.1, 0.15) is 4.21 Å². The maximum Gasteiger partial charge on any atom is 0.253 e. The van der Waals surface area contributed by atoms with E-state index in [2.05, 4.69) is 12.2 Å². The maximum absolute atomic E-state index is 12.9. The van der Waals surface area contributed by atoms with Crippen LogP contribution in [-0.4, -0.2) is 30.8 Å². The van der Waals surface area contributed by atoms with Crippen molar-refractivity contribution >= 4 is 21.4 Å². The van der Waals surface area contributed by atoms with Crippen LogP contribution in [0.4, 0.5) is 0 Å². The Kier molecular flexibility index (Phi) is 4.41. The van der Waals surface area contributed by atoms with Gasteiger partial charge in [0.15, 0.2) is 0 Å². The van der Waals surface area contributed by atoms with Crippen LogP contribution in [-0.2, 0) is 16.6 Å². The van der Waals surface area contributed by atoms with Crippen LogP contribution in [0, 0.1) is 0 Å². The van der Waals surface area contributed by atoms with E-state index in [4.69, 9.17) is 0 Å². The van der Waals surface area contributed by atoms with Crippen LogP contribution in [0.3, 0.4) is 0 Å². The van der Waals surface area contributed by atoms with Crippen molar-refractivity contribution in [1.29, 1.82) is 0 Å². The highest BCUT2D eigenvalue weighted by Gasteiger charge is 2.39. The third kappa shape index (κ3) is 3.18. The van der Waals surface area contributed by atoms with Crippen molar-refractivity contribution in [3.63, 3.8) is 0 Å². The van der Waals surface area contributed by atoms with Crippen molar-refractivity contribution in [3.8, 4) is 0 Å². The topological polar surface area (TPSA) is 49.4 Å². The molecule has 0 amide bonds. The lowest BCUT2D eigenvalue weighted by Gasteiger charge is -2.26. The second-order valence-electron chi connectivity index (χ2n) is 6.25. The zero-order valence-corrected chi connectivity index (χ0v) is 14.3. The minimum absolute atomic E-state index is 0.120. The minimum atomic E-state index is -3.33. The quantitative estimate of drug-likeness (QED) is 0.873. The van der Waals surface area contributed by atoms with Crippen LogP contribution in [0.5, 0.6) is 0 Å². The molecule has 2 fully saturated rings. The predicted molar refractivity (Wildman–Crippen MR) is 86.0 cm³/mol. The summed E-state index contributed by atoms with van der Waals surface area (Å²) in [5.41, 5.74) is 1.09. The van der Waals surface area contributed by atoms with Crippen molar-refractivity contribution in [1.82, 2.24) is 9.62 Å². The summed E-state index contributed by atoms with van der Waals surface area (Å²) in [6.45, 7) is 4.88. The molecule has 2 aliphatic rings. The molecule has 2 unspecified atom stereocenters. The summed E-state index contributed by atoms with van der Waals surface area (Å²) < 4.78 is 28.0. The number of hydrogen-bond acceptors (Lipinski definition) is 4. The average molecular weight is 329 g/mol. The summed E-state index contributed by atoms with van der Waals surface area (Å²) in [5, 5.41) is 5.41. The molecule has 1 aliphatic heterocycles. The molecule has 118 valence electrons. The van der Waals surface area contributed by atoms with E-state index in [1.54, 1.807) is 4.31 Å². The van der Waals surface area contributed by atoms with Gasteiger partial charge in [0.25, 0.3) is 10.0 Å². The van der Waals surface area contributed by atoms with Gasteiger partial charge in [0.2, 0.25) is 0 Å². The van der Waals surface area contributed by atoms with Crippen molar-refractivity contribution in [2.45, 2.75) is 74.8 Å². The van der Waals surface area contributed by atoms with Gasteiger partial charge in [-0.25, -0.2) is 8.42 Å². The number of sulfonamides is 1. The molecule has 0 bridgehead atoms. The third-order valence-electron chi connectivity index (χ3n) is 4.52.